The summed E-state index contributed by atoms with van der Waals surface area (Å²) in [5.74, 6) is -3.04. The van der Waals surface area contributed by atoms with Crippen LogP contribution in [0.2, 0.25) is 0 Å². The van der Waals surface area contributed by atoms with Crippen molar-refractivity contribution < 1.29 is 8.78 Å². The first-order valence-corrected chi connectivity index (χ1v) is 7.54. The summed E-state index contributed by atoms with van der Waals surface area (Å²) < 4.78 is 26.9. The number of likely N-dealkylation sites (tertiary alicyclic amines) is 1. The molecular formula is C17H23F2N. The van der Waals surface area contributed by atoms with Crippen LogP contribution in [0.1, 0.15) is 63.1 Å². The molecule has 1 saturated heterocycles. The molecule has 1 aliphatic heterocycles. The largest absolute Gasteiger partial charge is 0.291 e. The molecule has 0 amide bonds. The summed E-state index contributed by atoms with van der Waals surface area (Å²) in [6.07, 6.45) is 2.25. The van der Waals surface area contributed by atoms with Crippen molar-refractivity contribution in [2.24, 2.45) is 0 Å². The molecule has 1 aromatic carbocycles. The third kappa shape index (κ3) is 2.37. The zero-order valence-corrected chi connectivity index (χ0v) is 12.5. The van der Waals surface area contributed by atoms with Crippen LogP contribution in [-0.4, -0.2) is 22.9 Å². The van der Waals surface area contributed by atoms with E-state index in [0.29, 0.717) is 6.04 Å². The summed E-state index contributed by atoms with van der Waals surface area (Å²) in [5, 5.41) is 0. The molecule has 110 valence electrons. The maximum absolute atomic E-state index is 13.5. The van der Waals surface area contributed by atoms with Gasteiger partial charge in [0.2, 0.25) is 0 Å². The molecule has 1 saturated carbocycles. The minimum Gasteiger partial charge on any atom is -0.291 e. The molecule has 2 atom stereocenters. The number of halogens is 2. The second-order valence-corrected chi connectivity index (χ2v) is 7.17. The van der Waals surface area contributed by atoms with Crippen LogP contribution in [0.25, 0.3) is 0 Å². The van der Waals surface area contributed by atoms with Gasteiger partial charge in [0.25, 0.3) is 5.92 Å². The van der Waals surface area contributed by atoms with Gasteiger partial charge in [-0.2, -0.15) is 0 Å². The van der Waals surface area contributed by atoms with E-state index < -0.39 is 11.8 Å². The van der Waals surface area contributed by atoms with Gasteiger partial charge in [-0.3, -0.25) is 4.90 Å². The number of hydrogen-bond donors (Lipinski definition) is 0. The van der Waals surface area contributed by atoms with E-state index in [2.05, 4.69) is 31.7 Å². The van der Waals surface area contributed by atoms with Gasteiger partial charge in [0, 0.05) is 18.0 Å². The molecule has 2 unspecified atom stereocenters. The lowest BCUT2D eigenvalue weighted by Gasteiger charge is -2.38. The third-order valence-corrected chi connectivity index (χ3v) is 4.67. The van der Waals surface area contributed by atoms with Crippen molar-refractivity contribution in [1.82, 2.24) is 4.90 Å². The zero-order valence-electron chi connectivity index (χ0n) is 12.5. The average Bonchev–Trinajstić information content (AvgIpc) is 2.79. The van der Waals surface area contributed by atoms with Crippen LogP contribution in [0.4, 0.5) is 8.78 Å². The molecule has 3 heteroatoms. The minimum atomic E-state index is -2.48. The lowest BCUT2D eigenvalue weighted by atomic mass is 9.93. The Morgan fingerprint density at radius 2 is 1.75 bits per heavy atom. The van der Waals surface area contributed by atoms with Crippen LogP contribution in [0.3, 0.4) is 0 Å². The zero-order chi connectivity index (χ0) is 14.5. The standard InChI is InChI=1S/C17H23F2N/c1-16(2,3)20-10-6-9-15(20)13-8-5-4-7-12(13)14-11-17(14,18)19/h4-5,7-8,14-15H,6,9-11H2,1-3H3. The molecule has 1 nitrogen and oxygen atoms in total. The van der Waals surface area contributed by atoms with Gasteiger partial charge in [0.15, 0.2) is 0 Å². The monoisotopic (exact) mass is 279 g/mol. The highest BCUT2D eigenvalue weighted by molar-refractivity contribution is 5.39. The van der Waals surface area contributed by atoms with E-state index in [1.165, 1.54) is 0 Å². The van der Waals surface area contributed by atoms with Gasteiger partial charge >= 0.3 is 0 Å². The summed E-state index contributed by atoms with van der Waals surface area (Å²) in [5.41, 5.74) is 2.08. The van der Waals surface area contributed by atoms with E-state index in [0.717, 1.165) is 30.5 Å². The van der Waals surface area contributed by atoms with Crippen molar-refractivity contribution in [2.75, 3.05) is 6.54 Å². The lowest BCUT2D eigenvalue weighted by molar-refractivity contribution is 0.109. The van der Waals surface area contributed by atoms with Crippen LogP contribution in [-0.2, 0) is 0 Å². The Kier molecular flexibility index (Phi) is 3.16. The number of alkyl halides is 2. The van der Waals surface area contributed by atoms with Gasteiger partial charge in [0.05, 0.1) is 5.92 Å². The Labute approximate surface area is 120 Å². The molecule has 0 bridgehead atoms. The van der Waals surface area contributed by atoms with Gasteiger partial charge < -0.3 is 0 Å². The van der Waals surface area contributed by atoms with Crippen LogP contribution >= 0.6 is 0 Å². The SMILES string of the molecule is CC(C)(C)N1CCCC1c1ccccc1C1CC1(F)F. The normalized spacial score (nSPS) is 29.6. The second-order valence-electron chi connectivity index (χ2n) is 7.17. The van der Waals surface area contributed by atoms with Crippen LogP contribution in [0, 0.1) is 0 Å². The fraction of sp³-hybridized carbons (Fsp3) is 0.647. The highest BCUT2D eigenvalue weighted by Crippen LogP contribution is 2.57. The van der Waals surface area contributed by atoms with Gasteiger partial charge in [-0.15, -0.1) is 0 Å². The topological polar surface area (TPSA) is 3.24 Å². The Morgan fingerprint density at radius 3 is 2.30 bits per heavy atom. The highest BCUT2D eigenvalue weighted by Gasteiger charge is 2.58. The molecule has 2 fully saturated rings. The molecule has 3 rings (SSSR count). The molecule has 0 N–H and O–H groups in total. The first-order valence-electron chi connectivity index (χ1n) is 7.54. The maximum Gasteiger partial charge on any atom is 0.255 e. The molecule has 1 aliphatic carbocycles. The van der Waals surface area contributed by atoms with Crippen molar-refractivity contribution in [2.45, 2.75) is 63.5 Å². The number of nitrogens with zero attached hydrogens (tertiary/aromatic N) is 1. The summed E-state index contributed by atoms with van der Waals surface area (Å²) in [7, 11) is 0. The van der Waals surface area contributed by atoms with Gasteiger partial charge in [-0.1, -0.05) is 24.3 Å². The fourth-order valence-corrected chi connectivity index (χ4v) is 3.58. The minimum absolute atomic E-state index is 0.0201. The molecule has 0 spiro atoms. The van der Waals surface area contributed by atoms with Crippen molar-refractivity contribution in [3.8, 4) is 0 Å². The van der Waals surface area contributed by atoms with Crippen LogP contribution < -0.4 is 0 Å². The Morgan fingerprint density at radius 1 is 1.15 bits per heavy atom. The smallest absolute Gasteiger partial charge is 0.255 e. The van der Waals surface area contributed by atoms with E-state index in [9.17, 15) is 8.78 Å². The first kappa shape index (κ1) is 14.0. The predicted molar refractivity (Wildman–Crippen MR) is 77.2 cm³/mol. The number of rotatable bonds is 2. The van der Waals surface area contributed by atoms with Gasteiger partial charge in [0.1, 0.15) is 0 Å². The van der Waals surface area contributed by atoms with E-state index >= 15 is 0 Å². The van der Waals surface area contributed by atoms with E-state index in [4.69, 9.17) is 0 Å². The van der Waals surface area contributed by atoms with Crippen molar-refractivity contribution in [3.05, 3.63) is 35.4 Å². The average molecular weight is 279 g/mol. The van der Waals surface area contributed by atoms with Crippen LogP contribution in [0.15, 0.2) is 24.3 Å². The summed E-state index contributed by atoms with van der Waals surface area (Å²) in [6, 6.07) is 8.13. The maximum atomic E-state index is 13.5. The summed E-state index contributed by atoms with van der Waals surface area (Å²) in [6.45, 7) is 7.68. The number of hydrogen-bond acceptors (Lipinski definition) is 1. The van der Waals surface area contributed by atoms with Crippen LogP contribution in [0.5, 0.6) is 0 Å². The predicted octanol–water partition coefficient (Wildman–Crippen LogP) is 4.74. The molecule has 2 aliphatic rings. The fourth-order valence-electron chi connectivity index (χ4n) is 3.58. The molecule has 0 radical (unpaired) electrons. The van der Waals surface area contributed by atoms with Gasteiger partial charge in [-0.05, 0) is 51.3 Å². The lowest BCUT2D eigenvalue weighted by Crippen LogP contribution is -2.40. The van der Waals surface area contributed by atoms with Crippen molar-refractivity contribution >= 4 is 0 Å². The molecule has 1 aromatic rings. The first-order chi connectivity index (χ1) is 9.31. The Hall–Kier alpha value is -0.960. The third-order valence-electron chi connectivity index (χ3n) is 4.67. The highest BCUT2D eigenvalue weighted by atomic mass is 19.3. The molecule has 0 aromatic heterocycles. The molecular weight excluding hydrogens is 256 g/mol. The van der Waals surface area contributed by atoms with E-state index in [1.807, 2.05) is 18.2 Å². The van der Waals surface area contributed by atoms with Crippen molar-refractivity contribution in [3.63, 3.8) is 0 Å². The molecule has 20 heavy (non-hydrogen) atoms. The number of benzene rings is 1. The summed E-state index contributed by atoms with van der Waals surface area (Å²) in [4.78, 5) is 2.46. The molecule has 1 heterocycles. The Bertz CT molecular complexity index is 504. The second kappa shape index (κ2) is 4.52. The van der Waals surface area contributed by atoms with E-state index in [1.54, 1.807) is 0 Å². The van der Waals surface area contributed by atoms with Crippen molar-refractivity contribution in [1.29, 1.82) is 0 Å². The summed E-state index contributed by atoms with van der Waals surface area (Å²) >= 11 is 0. The quantitative estimate of drug-likeness (QED) is 0.755. The van der Waals surface area contributed by atoms with E-state index in [-0.39, 0.29) is 12.0 Å². The Balaban J connectivity index is 1.94. The van der Waals surface area contributed by atoms with Gasteiger partial charge in [-0.25, -0.2) is 8.78 Å².